The second kappa shape index (κ2) is 13.4. The van der Waals surface area contributed by atoms with Gasteiger partial charge in [0.15, 0.2) is 5.96 Å². The molecule has 0 saturated carbocycles. The van der Waals surface area contributed by atoms with Crippen LogP contribution < -0.4 is 16.2 Å². The van der Waals surface area contributed by atoms with E-state index in [1.54, 1.807) is 16.7 Å². The Morgan fingerprint density at radius 3 is 2.34 bits per heavy atom. The number of aromatic nitrogens is 1. The van der Waals surface area contributed by atoms with Crippen molar-refractivity contribution in [1.82, 2.24) is 15.2 Å². The summed E-state index contributed by atoms with van der Waals surface area (Å²) in [4.78, 5) is 16.6. The Balaban J connectivity index is 0.00000420. The fraction of sp³-hybridized carbons (Fsp3) is 0.478. The Bertz CT molecular complexity index is 799. The van der Waals surface area contributed by atoms with Gasteiger partial charge in [0.05, 0.1) is 13.1 Å². The highest BCUT2D eigenvalue weighted by molar-refractivity contribution is 14.0. The summed E-state index contributed by atoms with van der Waals surface area (Å²) >= 11 is 0. The summed E-state index contributed by atoms with van der Waals surface area (Å²) in [6.45, 7) is 10.8. The molecule has 0 aliphatic carbocycles. The van der Waals surface area contributed by atoms with E-state index in [1.807, 2.05) is 12.3 Å². The molecule has 1 heterocycles. The Labute approximate surface area is 192 Å². The summed E-state index contributed by atoms with van der Waals surface area (Å²) in [5.41, 5.74) is 2.27. The van der Waals surface area contributed by atoms with Gasteiger partial charge in [0.25, 0.3) is 5.56 Å². The molecule has 160 valence electrons. The average Bonchev–Trinajstić information content (AvgIpc) is 2.67. The topological polar surface area (TPSA) is 58.4 Å². The first-order chi connectivity index (χ1) is 13.5. The first-order valence-corrected chi connectivity index (χ1v) is 10.3. The van der Waals surface area contributed by atoms with Crippen molar-refractivity contribution < 1.29 is 0 Å². The van der Waals surface area contributed by atoms with E-state index in [1.165, 1.54) is 6.42 Å². The number of halogens is 1. The molecule has 0 amide bonds. The van der Waals surface area contributed by atoms with Crippen molar-refractivity contribution in [1.29, 1.82) is 0 Å². The molecule has 1 unspecified atom stereocenters. The molecule has 0 bridgehead atoms. The number of hydrogen-bond donors (Lipinski definition) is 2. The van der Waals surface area contributed by atoms with Crippen LogP contribution in [0.2, 0.25) is 0 Å². The third kappa shape index (κ3) is 9.47. The predicted octanol–water partition coefficient (Wildman–Crippen LogP) is 4.39. The van der Waals surface area contributed by atoms with E-state index < -0.39 is 0 Å². The number of nitrogens with zero attached hydrogens (tertiary/aromatic N) is 2. The van der Waals surface area contributed by atoms with Crippen LogP contribution in [-0.2, 0) is 13.1 Å². The second-order valence-corrected chi connectivity index (χ2v) is 7.70. The van der Waals surface area contributed by atoms with Crippen molar-refractivity contribution in [3.05, 3.63) is 70.1 Å². The molecule has 1 atom stereocenters. The molecule has 0 aliphatic heterocycles. The van der Waals surface area contributed by atoms with Gasteiger partial charge >= 0.3 is 0 Å². The molecular weight excluding hydrogens is 475 g/mol. The number of aliphatic imine (C=N–C) groups is 1. The zero-order valence-electron chi connectivity index (χ0n) is 18.0. The highest BCUT2D eigenvalue weighted by Crippen LogP contribution is 2.08. The van der Waals surface area contributed by atoms with Crippen LogP contribution in [0.15, 0.2) is 58.4 Å². The van der Waals surface area contributed by atoms with Gasteiger partial charge in [-0.05, 0) is 49.8 Å². The Hall–Kier alpha value is -1.83. The third-order valence-corrected chi connectivity index (χ3v) is 4.60. The van der Waals surface area contributed by atoms with E-state index in [2.05, 4.69) is 62.6 Å². The van der Waals surface area contributed by atoms with Crippen LogP contribution in [0.1, 0.15) is 51.7 Å². The molecule has 0 radical (unpaired) electrons. The number of rotatable bonds is 9. The van der Waals surface area contributed by atoms with Crippen LogP contribution in [0.3, 0.4) is 0 Å². The summed E-state index contributed by atoms with van der Waals surface area (Å²) in [6, 6.07) is 13.9. The average molecular weight is 510 g/mol. The molecule has 1 aromatic heterocycles. The molecule has 5 nitrogen and oxygen atoms in total. The fourth-order valence-corrected chi connectivity index (χ4v) is 2.92. The minimum atomic E-state index is 0. The summed E-state index contributed by atoms with van der Waals surface area (Å²) in [7, 11) is 0. The number of hydrogen-bond acceptors (Lipinski definition) is 2. The molecule has 1 aromatic carbocycles. The van der Waals surface area contributed by atoms with Crippen LogP contribution in [0.5, 0.6) is 0 Å². The second-order valence-electron chi connectivity index (χ2n) is 7.70. The SMILES string of the molecule is CCNC(=NCc1ccc(Cn2ccccc2=O)cc1)NC(C)CCC(C)C.I. The smallest absolute Gasteiger partial charge is 0.250 e. The van der Waals surface area contributed by atoms with Crippen molar-refractivity contribution in [3.63, 3.8) is 0 Å². The van der Waals surface area contributed by atoms with Gasteiger partial charge in [-0.1, -0.05) is 44.2 Å². The molecule has 0 saturated heterocycles. The number of guanidine groups is 1. The first-order valence-electron chi connectivity index (χ1n) is 10.3. The highest BCUT2D eigenvalue weighted by atomic mass is 127. The Kier molecular flexibility index (Phi) is 11.7. The summed E-state index contributed by atoms with van der Waals surface area (Å²) in [5, 5.41) is 6.82. The highest BCUT2D eigenvalue weighted by Gasteiger charge is 2.06. The van der Waals surface area contributed by atoms with Gasteiger partial charge in [-0.3, -0.25) is 4.79 Å². The molecule has 2 aromatic rings. The molecular formula is C23H35IN4O. The minimum absolute atomic E-state index is 0. The minimum Gasteiger partial charge on any atom is -0.357 e. The number of nitrogens with one attached hydrogen (secondary N) is 2. The van der Waals surface area contributed by atoms with Crippen LogP contribution in [0, 0.1) is 5.92 Å². The van der Waals surface area contributed by atoms with Gasteiger partial charge in [0, 0.05) is 24.8 Å². The predicted molar refractivity (Wildman–Crippen MR) is 133 cm³/mol. The molecule has 2 rings (SSSR count). The van der Waals surface area contributed by atoms with Crippen molar-refractivity contribution in [2.24, 2.45) is 10.9 Å². The van der Waals surface area contributed by atoms with Gasteiger partial charge in [-0.2, -0.15) is 0 Å². The molecule has 2 N–H and O–H groups in total. The van der Waals surface area contributed by atoms with E-state index in [4.69, 9.17) is 4.99 Å². The molecule has 29 heavy (non-hydrogen) atoms. The van der Waals surface area contributed by atoms with E-state index in [0.29, 0.717) is 25.0 Å². The van der Waals surface area contributed by atoms with E-state index in [-0.39, 0.29) is 29.5 Å². The quantitative estimate of drug-likeness (QED) is 0.299. The molecule has 0 spiro atoms. The molecule has 6 heteroatoms. The fourth-order valence-electron chi connectivity index (χ4n) is 2.92. The Morgan fingerprint density at radius 2 is 1.72 bits per heavy atom. The molecule has 0 fully saturated rings. The summed E-state index contributed by atoms with van der Waals surface area (Å²) in [6.07, 6.45) is 4.16. The van der Waals surface area contributed by atoms with Crippen LogP contribution in [-0.4, -0.2) is 23.1 Å². The van der Waals surface area contributed by atoms with E-state index in [9.17, 15) is 4.79 Å². The standard InChI is InChI=1S/C23H34N4O.HI/c1-5-24-23(26-19(4)10-9-18(2)3)25-16-20-11-13-21(14-12-20)17-27-15-7-6-8-22(27)28;/h6-8,11-15,18-19H,5,9-10,16-17H2,1-4H3,(H2,24,25,26);1H. The zero-order chi connectivity index (χ0) is 20.4. The van der Waals surface area contributed by atoms with Crippen molar-refractivity contribution >= 4 is 29.9 Å². The van der Waals surface area contributed by atoms with Crippen LogP contribution >= 0.6 is 24.0 Å². The first kappa shape index (κ1) is 25.2. The summed E-state index contributed by atoms with van der Waals surface area (Å²) < 4.78 is 1.71. The van der Waals surface area contributed by atoms with Crippen molar-refractivity contribution in [2.45, 2.75) is 59.7 Å². The lowest BCUT2D eigenvalue weighted by Gasteiger charge is -2.18. The van der Waals surface area contributed by atoms with Crippen molar-refractivity contribution in [3.8, 4) is 0 Å². The molecule has 0 aliphatic rings. The maximum Gasteiger partial charge on any atom is 0.250 e. The van der Waals surface area contributed by atoms with Gasteiger partial charge in [0.2, 0.25) is 0 Å². The van der Waals surface area contributed by atoms with Crippen molar-refractivity contribution in [2.75, 3.05) is 6.54 Å². The lowest BCUT2D eigenvalue weighted by molar-refractivity contribution is 0.489. The lowest BCUT2D eigenvalue weighted by Crippen LogP contribution is -2.42. The zero-order valence-corrected chi connectivity index (χ0v) is 20.4. The van der Waals surface area contributed by atoms with Gasteiger partial charge in [-0.15, -0.1) is 24.0 Å². The Morgan fingerprint density at radius 1 is 1.03 bits per heavy atom. The summed E-state index contributed by atoms with van der Waals surface area (Å²) in [5.74, 6) is 1.58. The lowest BCUT2D eigenvalue weighted by atomic mass is 10.0. The largest absolute Gasteiger partial charge is 0.357 e. The van der Waals surface area contributed by atoms with E-state index in [0.717, 1.165) is 30.1 Å². The number of pyridine rings is 1. The van der Waals surface area contributed by atoms with Crippen LogP contribution in [0.25, 0.3) is 0 Å². The van der Waals surface area contributed by atoms with Gasteiger partial charge < -0.3 is 15.2 Å². The third-order valence-electron chi connectivity index (χ3n) is 4.60. The van der Waals surface area contributed by atoms with Gasteiger partial charge in [0.1, 0.15) is 0 Å². The van der Waals surface area contributed by atoms with Crippen LogP contribution in [0.4, 0.5) is 0 Å². The maximum absolute atomic E-state index is 11.8. The van der Waals surface area contributed by atoms with Gasteiger partial charge in [-0.25, -0.2) is 4.99 Å². The normalized spacial score (nSPS) is 12.4. The number of benzene rings is 1. The van der Waals surface area contributed by atoms with E-state index >= 15 is 0 Å². The maximum atomic E-state index is 11.8. The monoisotopic (exact) mass is 510 g/mol.